The maximum absolute atomic E-state index is 12.0. The van der Waals surface area contributed by atoms with E-state index in [1.54, 1.807) is 36.3 Å². The number of aryl methyl sites for hydroxylation is 1. The van der Waals surface area contributed by atoms with Gasteiger partial charge in [0.25, 0.3) is 0 Å². The Labute approximate surface area is 124 Å². The van der Waals surface area contributed by atoms with Crippen molar-refractivity contribution in [2.24, 2.45) is 0 Å². The van der Waals surface area contributed by atoms with Gasteiger partial charge >= 0.3 is 0 Å². The average molecular weight is 312 g/mol. The molecule has 0 N–H and O–H groups in total. The van der Waals surface area contributed by atoms with Crippen LogP contribution in [-0.2, 0) is 27.9 Å². The monoisotopic (exact) mass is 312 g/mol. The van der Waals surface area contributed by atoms with Crippen molar-refractivity contribution in [2.75, 3.05) is 12.8 Å². The number of thiophene rings is 1. The third-order valence-corrected chi connectivity index (χ3v) is 4.70. The van der Waals surface area contributed by atoms with Crippen LogP contribution in [0.4, 0.5) is 0 Å². The van der Waals surface area contributed by atoms with Gasteiger partial charge < -0.3 is 9.42 Å². The molecule has 1 amide bonds. The third kappa shape index (κ3) is 4.28. The summed E-state index contributed by atoms with van der Waals surface area (Å²) in [6, 6.07) is 5.66. The molecule has 0 saturated heterocycles. The average Bonchev–Trinajstić information content (AvgIpc) is 3.01. The SMILES string of the molecule is Cc1cc(CS(=O)CC(=O)N(C)Cc2cccs2)on1. The molecule has 7 heteroatoms. The summed E-state index contributed by atoms with van der Waals surface area (Å²) in [5.41, 5.74) is 0.748. The van der Waals surface area contributed by atoms with Gasteiger partial charge in [-0.15, -0.1) is 11.3 Å². The Hall–Kier alpha value is -1.47. The molecule has 0 bridgehead atoms. The summed E-state index contributed by atoms with van der Waals surface area (Å²) in [5, 5.41) is 5.70. The molecule has 108 valence electrons. The van der Waals surface area contributed by atoms with E-state index in [2.05, 4.69) is 5.16 Å². The Bertz CT molecular complexity index is 593. The largest absolute Gasteiger partial charge is 0.360 e. The number of carbonyl (C=O) groups excluding carboxylic acids is 1. The summed E-state index contributed by atoms with van der Waals surface area (Å²) >= 11 is 1.60. The molecule has 0 fully saturated rings. The zero-order chi connectivity index (χ0) is 14.5. The predicted molar refractivity (Wildman–Crippen MR) is 78.7 cm³/mol. The molecule has 1 unspecified atom stereocenters. The zero-order valence-electron chi connectivity index (χ0n) is 11.4. The minimum Gasteiger partial charge on any atom is -0.360 e. The van der Waals surface area contributed by atoms with Gasteiger partial charge in [-0.25, -0.2) is 0 Å². The molecular weight excluding hydrogens is 296 g/mol. The molecule has 0 aliphatic carbocycles. The molecule has 1 atom stereocenters. The van der Waals surface area contributed by atoms with Crippen LogP contribution in [0.3, 0.4) is 0 Å². The van der Waals surface area contributed by atoms with Gasteiger partial charge in [0.15, 0.2) is 0 Å². The summed E-state index contributed by atoms with van der Waals surface area (Å²) in [4.78, 5) is 14.7. The first-order chi connectivity index (χ1) is 9.54. The van der Waals surface area contributed by atoms with Crippen molar-refractivity contribution in [3.8, 4) is 0 Å². The Morgan fingerprint density at radius 1 is 1.55 bits per heavy atom. The van der Waals surface area contributed by atoms with E-state index in [0.717, 1.165) is 10.6 Å². The molecule has 0 aliphatic heterocycles. The van der Waals surface area contributed by atoms with Crippen LogP contribution < -0.4 is 0 Å². The lowest BCUT2D eigenvalue weighted by atomic mass is 10.4. The van der Waals surface area contributed by atoms with Crippen LogP contribution >= 0.6 is 11.3 Å². The van der Waals surface area contributed by atoms with Gasteiger partial charge in [-0.1, -0.05) is 11.2 Å². The highest BCUT2D eigenvalue weighted by molar-refractivity contribution is 7.84. The maximum atomic E-state index is 12.0. The lowest BCUT2D eigenvalue weighted by Gasteiger charge is -2.15. The van der Waals surface area contributed by atoms with Gasteiger partial charge in [-0.3, -0.25) is 9.00 Å². The topological polar surface area (TPSA) is 63.4 Å². The van der Waals surface area contributed by atoms with Gasteiger partial charge in [-0.2, -0.15) is 0 Å². The molecule has 0 aliphatic rings. The van der Waals surface area contributed by atoms with Crippen molar-refractivity contribution in [1.29, 1.82) is 0 Å². The van der Waals surface area contributed by atoms with E-state index in [4.69, 9.17) is 4.52 Å². The van der Waals surface area contributed by atoms with E-state index < -0.39 is 10.8 Å². The lowest BCUT2D eigenvalue weighted by Crippen LogP contribution is -2.30. The Balaban J connectivity index is 1.82. The third-order valence-electron chi connectivity index (χ3n) is 2.66. The van der Waals surface area contributed by atoms with Gasteiger partial charge in [0.05, 0.1) is 18.0 Å². The van der Waals surface area contributed by atoms with E-state index in [1.807, 2.05) is 17.5 Å². The van der Waals surface area contributed by atoms with Crippen LogP contribution in [0.2, 0.25) is 0 Å². The van der Waals surface area contributed by atoms with Crippen molar-refractivity contribution in [1.82, 2.24) is 10.1 Å². The van der Waals surface area contributed by atoms with E-state index in [9.17, 15) is 9.00 Å². The number of hydrogen-bond acceptors (Lipinski definition) is 5. The molecule has 2 aromatic rings. The van der Waals surface area contributed by atoms with Crippen molar-refractivity contribution in [2.45, 2.75) is 19.2 Å². The zero-order valence-corrected chi connectivity index (χ0v) is 13.0. The molecule has 2 rings (SSSR count). The van der Waals surface area contributed by atoms with E-state index in [-0.39, 0.29) is 17.4 Å². The highest BCUT2D eigenvalue weighted by atomic mass is 32.2. The summed E-state index contributed by atoms with van der Waals surface area (Å²) in [6.45, 7) is 2.35. The van der Waals surface area contributed by atoms with Gasteiger partial charge in [0, 0.05) is 28.8 Å². The molecule has 0 aromatic carbocycles. The molecule has 0 saturated carbocycles. The summed E-state index contributed by atoms with van der Waals surface area (Å²) < 4.78 is 16.9. The summed E-state index contributed by atoms with van der Waals surface area (Å²) in [5.74, 6) is 0.642. The van der Waals surface area contributed by atoms with Crippen LogP contribution in [0.1, 0.15) is 16.3 Å². The second-order valence-corrected chi connectivity index (χ2v) is 6.98. The summed E-state index contributed by atoms with van der Waals surface area (Å²) in [7, 11) is 0.442. The molecule has 20 heavy (non-hydrogen) atoms. The molecule has 0 radical (unpaired) electrons. The highest BCUT2D eigenvalue weighted by Gasteiger charge is 2.15. The Morgan fingerprint density at radius 2 is 2.35 bits per heavy atom. The van der Waals surface area contributed by atoms with Crippen LogP contribution in [0.15, 0.2) is 28.1 Å². The normalized spacial score (nSPS) is 12.3. The molecule has 2 aromatic heterocycles. The smallest absolute Gasteiger partial charge is 0.235 e. The standard InChI is InChI=1S/C13H16N2O3S2/c1-10-6-11(18-14-10)8-20(17)9-13(16)15(2)7-12-4-3-5-19-12/h3-6H,7-9H2,1-2H3. The van der Waals surface area contributed by atoms with Gasteiger partial charge in [0.1, 0.15) is 11.5 Å². The predicted octanol–water partition coefficient (Wildman–Crippen LogP) is 1.95. The van der Waals surface area contributed by atoms with Gasteiger partial charge in [-0.05, 0) is 18.4 Å². The fourth-order valence-corrected chi connectivity index (χ4v) is 3.47. The number of nitrogens with zero attached hydrogens (tertiary/aromatic N) is 2. The fraction of sp³-hybridized carbons (Fsp3) is 0.385. The Morgan fingerprint density at radius 3 is 2.95 bits per heavy atom. The number of hydrogen-bond donors (Lipinski definition) is 0. The minimum absolute atomic E-state index is 0.00161. The molecule has 5 nitrogen and oxygen atoms in total. The number of carbonyl (C=O) groups is 1. The number of amides is 1. The van der Waals surface area contributed by atoms with Crippen molar-refractivity contribution in [3.63, 3.8) is 0 Å². The first kappa shape index (κ1) is 14.9. The first-order valence-corrected chi connectivity index (χ1v) is 8.45. The second-order valence-electron chi connectivity index (χ2n) is 4.49. The highest BCUT2D eigenvalue weighted by Crippen LogP contribution is 2.11. The van der Waals surface area contributed by atoms with Crippen molar-refractivity contribution >= 4 is 28.0 Å². The van der Waals surface area contributed by atoms with Crippen LogP contribution in [0.25, 0.3) is 0 Å². The van der Waals surface area contributed by atoms with Crippen molar-refractivity contribution < 1.29 is 13.5 Å². The lowest BCUT2D eigenvalue weighted by molar-refractivity contribution is -0.127. The van der Waals surface area contributed by atoms with Crippen molar-refractivity contribution in [3.05, 3.63) is 39.9 Å². The van der Waals surface area contributed by atoms with Crippen LogP contribution in [-0.4, -0.2) is 33.0 Å². The maximum Gasteiger partial charge on any atom is 0.235 e. The van der Waals surface area contributed by atoms with Crippen LogP contribution in [0, 0.1) is 6.92 Å². The van der Waals surface area contributed by atoms with E-state index in [1.165, 1.54) is 0 Å². The quantitative estimate of drug-likeness (QED) is 0.818. The molecular formula is C13H16N2O3S2. The number of aromatic nitrogens is 1. The second kappa shape index (κ2) is 6.81. The number of rotatable bonds is 6. The Kier molecular flexibility index (Phi) is 5.08. The fourth-order valence-electron chi connectivity index (χ4n) is 1.67. The van der Waals surface area contributed by atoms with E-state index in [0.29, 0.717) is 12.3 Å². The first-order valence-electron chi connectivity index (χ1n) is 6.08. The molecule has 0 spiro atoms. The van der Waals surface area contributed by atoms with E-state index >= 15 is 0 Å². The van der Waals surface area contributed by atoms with Gasteiger partial charge in [0.2, 0.25) is 5.91 Å². The van der Waals surface area contributed by atoms with Crippen LogP contribution in [0.5, 0.6) is 0 Å². The minimum atomic E-state index is -1.28. The summed E-state index contributed by atoms with van der Waals surface area (Å²) in [6.07, 6.45) is 0. The molecule has 2 heterocycles.